The van der Waals surface area contributed by atoms with Gasteiger partial charge in [0.2, 0.25) is 0 Å². The van der Waals surface area contributed by atoms with Gasteiger partial charge in [0, 0.05) is 4.83 Å². The highest BCUT2D eigenvalue weighted by molar-refractivity contribution is 9.09. The lowest BCUT2D eigenvalue weighted by Gasteiger charge is -1.98. The van der Waals surface area contributed by atoms with Gasteiger partial charge in [0.15, 0.2) is 0 Å². The number of hydrogen-bond donors (Lipinski definition) is 0. The molecule has 0 heterocycles. The van der Waals surface area contributed by atoms with Crippen LogP contribution in [-0.2, 0) is 9.53 Å². The van der Waals surface area contributed by atoms with E-state index in [0.717, 1.165) is 0 Å². The summed E-state index contributed by atoms with van der Waals surface area (Å²) in [5.74, 6) is -0.172. The van der Waals surface area contributed by atoms with Crippen LogP contribution in [0, 0.1) is 0 Å². The fourth-order valence-corrected chi connectivity index (χ4v) is 0.577. The van der Waals surface area contributed by atoms with E-state index in [0.29, 0.717) is 6.42 Å². The third-order valence-electron chi connectivity index (χ3n) is 0.676. The molecule has 0 aliphatic carbocycles. The fraction of sp³-hybridized carbons (Fsp3) is 0.800. The van der Waals surface area contributed by atoms with Gasteiger partial charge in [-0.3, -0.25) is 4.79 Å². The molecule has 0 aliphatic rings. The number of carbonyl (C=O) groups excluding carboxylic acids is 1. The summed E-state index contributed by atoms with van der Waals surface area (Å²) in [6.45, 7) is 1.90. The van der Waals surface area contributed by atoms with E-state index in [1.165, 1.54) is 7.11 Å². The maximum absolute atomic E-state index is 10.4. The van der Waals surface area contributed by atoms with Gasteiger partial charge in [-0.05, 0) is 0 Å². The van der Waals surface area contributed by atoms with E-state index >= 15 is 0 Å². The number of esters is 1. The molecule has 0 aromatic rings. The van der Waals surface area contributed by atoms with E-state index < -0.39 is 0 Å². The zero-order chi connectivity index (χ0) is 6.57. The van der Waals surface area contributed by atoms with Crippen molar-refractivity contribution < 1.29 is 9.53 Å². The van der Waals surface area contributed by atoms with Crippen molar-refractivity contribution in [1.82, 2.24) is 0 Å². The van der Waals surface area contributed by atoms with E-state index in [1.54, 1.807) is 0 Å². The Labute approximate surface area is 57.3 Å². The Balaban J connectivity index is 3.25. The molecule has 8 heavy (non-hydrogen) atoms. The zero-order valence-corrected chi connectivity index (χ0v) is 6.56. The molecule has 0 aliphatic heterocycles. The van der Waals surface area contributed by atoms with E-state index in [-0.39, 0.29) is 10.8 Å². The molecule has 48 valence electrons. The number of carbonyl (C=O) groups is 1. The van der Waals surface area contributed by atoms with Crippen LogP contribution in [0.3, 0.4) is 0 Å². The second kappa shape index (κ2) is 3.89. The van der Waals surface area contributed by atoms with Crippen LogP contribution in [0.2, 0.25) is 0 Å². The topological polar surface area (TPSA) is 26.3 Å². The lowest BCUT2D eigenvalue weighted by Crippen LogP contribution is -2.05. The SMILES string of the molecule is COC(=O)C[C@@H](C)Br. The van der Waals surface area contributed by atoms with Gasteiger partial charge in [-0.25, -0.2) is 0 Å². The van der Waals surface area contributed by atoms with Gasteiger partial charge in [0.1, 0.15) is 0 Å². The van der Waals surface area contributed by atoms with Crippen LogP contribution < -0.4 is 0 Å². The normalized spacial score (nSPS) is 12.9. The molecule has 1 atom stereocenters. The first-order valence-electron chi connectivity index (χ1n) is 2.37. The number of alkyl halides is 1. The van der Waals surface area contributed by atoms with Crippen LogP contribution in [-0.4, -0.2) is 17.9 Å². The van der Waals surface area contributed by atoms with Gasteiger partial charge in [-0.15, -0.1) is 0 Å². The summed E-state index contributed by atoms with van der Waals surface area (Å²) in [6.07, 6.45) is 0.441. The first-order valence-corrected chi connectivity index (χ1v) is 3.29. The van der Waals surface area contributed by atoms with Gasteiger partial charge in [-0.1, -0.05) is 22.9 Å². The molecule has 0 unspecified atom stereocenters. The fourth-order valence-electron chi connectivity index (χ4n) is 0.313. The Morgan fingerprint density at radius 2 is 2.38 bits per heavy atom. The molecule has 0 radical (unpaired) electrons. The molecule has 3 heteroatoms. The Kier molecular flexibility index (Phi) is 3.87. The minimum Gasteiger partial charge on any atom is -0.469 e. The molecule has 2 nitrogen and oxygen atoms in total. The third-order valence-corrected chi connectivity index (χ3v) is 0.999. The molecule has 0 rings (SSSR count). The highest BCUT2D eigenvalue weighted by Crippen LogP contribution is 2.02. The second-order valence-corrected chi connectivity index (χ2v) is 3.12. The molecular formula is C5H9BrO2. The second-order valence-electron chi connectivity index (χ2n) is 1.56. The first-order chi connectivity index (χ1) is 3.66. The molecule has 0 amide bonds. The number of halogens is 1. The summed E-state index contributed by atoms with van der Waals surface area (Å²) in [5.41, 5.74) is 0. The van der Waals surface area contributed by atoms with Crippen LogP contribution in [0.15, 0.2) is 0 Å². The largest absolute Gasteiger partial charge is 0.469 e. The average Bonchev–Trinajstić information content (AvgIpc) is 1.65. The van der Waals surface area contributed by atoms with Crippen molar-refractivity contribution in [1.29, 1.82) is 0 Å². The van der Waals surface area contributed by atoms with Gasteiger partial charge >= 0.3 is 5.97 Å². The van der Waals surface area contributed by atoms with Crippen molar-refractivity contribution in [3.63, 3.8) is 0 Å². The van der Waals surface area contributed by atoms with Gasteiger partial charge in [-0.2, -0.15) is 0 Å². The lowest BCUT2D eigenvalue weighted by atomic mass is 10.3. The van der Waals surface area contributed by atoms with E-state index in [4.69, 9.17) is 0 Å². The molecular weight excluding hydrogens is 172 g/mol. The summed E-state index contributed by atoms with van der Waals surface area (Å²) in [6, 6.07) is 0. The smallest absolute Gasteiger partial charge is 0.306 e. The number of methoxy groups -OCH3 is 1. The van der Waals surface area contributed by atoms with Crippen molar-refractivity contribution in [2.75, 3.05) is 7.11 Å². The van der Waals surface area contributed by atoms with Crippen LogP contribution in [0.25, 0.3) is 0 Å². The molecule has 0 saturated heterocycles. The maximum atomic E-state index is 10.4. The molecule has 0 saturated carbocycles. The predicted octanol–water partition coefficient (Wildman–Crippen LogP) is 1.33. The molecule has 0 aromatic carbocycles. The van der Waals surface area contributed by atoms with Crippen LogP contribution in [0.4, 0.5) is 0 Å². The van der Waals surface area contributed by atoms with Crippen LogP contribution in [0.5, 0.6) is 0 Å². The minimum atomic E-state index is -0.172. The van der Waals surface area contributed by atoms with Crippen molar-refractivity contribution in [3.05, 3.63) is 0 Å². The van der Waals surface area contributed by atoms with Gasteiger partial charge in [0.25, 0.3) is 0 Å². The van der Waals surface area contributed by atoms with Crippen molar-refractivity contribution >= 4 is 21.9 Å². The van der Waals surface area contributed by atoms with Crippen molar-refractivity contribution in [3.8, 4) is 0 Å². The molecule has 0 spiro atoms. The standard InChI is InChI=1S/C5H9BrO2/c1-4(6)3-5(7)8-2/h4H,3H2,1-2H3/t4-/m1/s1. The molecule has 0 N–H and O–H groups in total. The zero-order valence-electron chi connectivity index (χ0n) is 4.98. The van der Waals surface area contributed by atoms with Crippen molar-refractivity contribution in [2.24, 2.45) is 0 Å². The summed E-state index contributed by atoms with van der Waals surface area (Å²) >= 11 is 3.21. The monoisotopic (exact) mass is 180 g/mol. The lowest BCUT2D eigenvalue weighted by molar-refractivity contribution is -0.140. The maximum Gasteiger partial charge on any atom is 0.306 e. The third kappa shape index (κ3) is 4.12. The van der Waals surface area contributed by atoms with Crippen molar-refractivity contribution in [2.45, 2.75) is 18.2 Å². The molecule has 0 aromatic heterocycles. The predicted molar refractivity (Wildman–Crippen MR) is 35.0 cm³/mol. The highest BCUT2D eigenvalue weighted by Gasteiger charge is 2.03. The Morgan fingerprint density at radius 3 is 2.50 bits per heavy atom. The summed E-state index contributed by atoms with van der Waals surface area (Å²) < 4.78 is 4.39. The summed E-state index contributed by atoms with van der Waals surface area (Å²) in [4.78, 5) is 10.6. The van der Waals surface area contributed by atoms with E-state index in [9.17, 15) is 4.79 Å². The van der Waals surface area contributed by atoms with E-state index in [1.807, 2.05) is 6.92 Å². The molecule has 0 bridgehead atoms. The Bertz CT molecular complexity index is 80.5. The number of rotatable bonds is 2. The Hall–Kier alpha value is -0.0500. The van der Waals surface area contributed by atoms with Gasteiger partial charge < -0.3 is 4.74 Å². The number of hydrogen-bond acceptors (Lipinski definition) is 2. The number of ether oxygens (including phenoxy) is 1. The highest BCUT2D eigenvalue weighted by atomic mass is 79.9. The quantitative estimate of drug-likeness (QED) is 0.474. The Morgan fingerprint density at radius 1 is 1.88 bits per heavy atom. The van der Waals surface area contributed by atoms with E-state index in [2.05, 4.69) is 20.7 Å². The minimum absolute atomic E-state index is 0.172. The first kappa shape index (κ1) is 7.95. The van der Waals surface area contributed by atoms with Gasteiger partial charge in [0.05, 0.1) is 13.5 Å². The summed E-state index contributed by atoms with van der Waals surface area (Å²) in [5, 5.41) is 0. The summed E-state index contributed by atoms with van der Waals surface area (Å²) in [7, 11) is 1.39. The average molecular weight is 181 g/mol. The molecule has 0 fully saturated rings. The van der Waals surface area contributed by atoms with Crippen LogP contribution in [0.1, 0.15) is 13.3 Å². The van der Waals surface area contributed by atoms with Crippen LogP contribution >= 0.6 is 15.9 Å².